The monoisotopic (exact) mass is 247 g/mol. The van der Waals surface area contributed by atoms with Crippen molar-refractivity contribution in [3.63, 3.8) is 0 Å². The highest BCUT2D eigenvalue weighted by Crippen LogP contribution is 2.41. The molecule has 1 heterocycles. The van der Waals surface area contributed by atoms with Gasteiger partial charge in [0.1, 0.15) is 11.7 Å². The highest BCUT2D eigenvalue weighted by Gasteiger charge is 2.47. The highest BCUT2D eigenvalue weighted by atomic mass is 19.1. The summed E-state index contributed by atoms with van der Waals surface area (Å²) in [7, 11) is 0. The molecule has 0 aliphatic heterocycles. The summed E-state index contributed by atoms with van der Waals surface area (Å²) in [5.41, 5.74) is 0.163. The number of halogens is 2. The second-order valence-corrected chi connectivity index (χ2v) is 4.21. The van der Waals surface area contributed by atoms with Crippen molar-refractivity contribution in [3.8, 4) is 0 Å². The van der Waals surface area contributed by atoms with Crippen molar-refractivity contribution in [3.05, 3.63) is 53.4 Å². The summed E-state index contributed by atoms with van der Waals surface area (Å²) in [4.78, 5) is 27.9. The summed E-state index contributed by atoms with van der Waals surface area (Å²) in [5.74, 6) is -5.47. The van der Waals surface area contributed by atoms with Crippen molar-refractivity contribution >= 4 is 11.6 Å². The lowest BCUT2D eigenvalue weighted by Crippen LogP contribution is -2.38. The smallest absolute Gasteiger partial charge is 0.176 e. The number of ketones is 2. The average Bonchev–Trinajstić information content (AvgIpc) is 2.38. The van der Waals surface area contributed by atoms with E-state index in [-0.39, 0.29) is 11.1 Å². The van der Waals surface area contributed by atoms with Crippen molar-refractivity contribution in [2.75, 3.05) is 0 Å². The van der Waals surface area contributed by atoms with Crippen molar-refractivity contribution in [2.24, 2.45) is 11.8 Å². The molecule has 2 aliphatic rings. The van der Waals surface area contributed by atoms with E-state index in [0.29, 0.717) is 0 Å². The summed E-state index contributed by atoms with van der Waals surface area (Å²) >= 11 is 0. The molecule has 0 amide bonds. The van der Waals surface area contributed by atoms with E-state index >= 15 is 0 Å². The third-order valence-electron chi connectivity index (χ3n) is 3.25. The molecule has 2 aliphatic carbocycles. The van der Waals surface area contributed by atoms with Crippen LogP contribution in [0.5, 0.6) is 0 Å². The van der Waals surface area contributed by atoms with E-state index in [2.05, 4.69) is 4.98 Å². The van der Waals surface area contributed by atoms with E-state index in [0.717, 1.165) is 12.2 Å². The van der Waals surface area contributed by atoms with Gasteiger partial charge in [0.25, 0.3) is 0 Å². The van der Waals surface area contributed by atoms with Crippen molar-refractivity contribution in [1.29, 1.82) is 0 Å². The first kappa shape index (κ1) is 11.0. The summed E-state index contributed by atoms with van der Waals surface area (Å²) in [6.07, 6.45) is 4.35. The van der Waals surface area contributed by atoms with Gasteiger partial charge in [-0.2, -0.15) is 0 Å². The van der Waals surface area contributed by atoms with Gasteiger partial charge in [0.15, 0.2) is 11.6 Å². The number of carbonyl (C=O) groups excluding carboxylic acids is 2. The number of rotatable bonds is 0. The standard InChI is InChI=1S/C13H7F2NO2/c14-8-1-2-9(15)11-10(8)12(17)6-3-4-16-5-7(6)13(11)18/h1-5,10-11H. The van der Waals surface area contributed by atoms with Gasteiger partial charge in [0.2, 0.25) is 0 Å². The molecule has 90 valence electrons. The van der Waals surface area contributed by atoms with E-state index in [9.17, 15) is 18.4 Å². The van der Waals surface area contributed by atoms with Crippen LogP contribution in [0.1, 0.15) is 20.7 Å². The quantitative estimate of drug-likeness (QED) is 0.707. The second kappa shape index (κ2) is 3.66. The maximum atomic E-state index is 13.7. The summed E-state index contributed by atoms with van der Waals surface area (Å²) in [5, 5.41) is 0. The third kappa shape index (κ3) is 1.30. The molecule has 1 aromatic rings. The first-order chi connectivity index (χ1) is 8.61. The van der Waals surface area contributed by atoms with Gasteiger partial charge in [-0.25, -0.2) is 8.78 Å². The molecule has 0 bridgehead atoms. The average molecular weight is 247 g/mol. The fourth-order valence-electron chi connectivity index (χ4n) is 2.38. The van der Waals surface area contributed by atoms with Crippen molar-refractivity contribution in [1.82, 2.24) is 4.98 Å². The van der Waals surface area contributed by atoms with Gasteiger partial charge in [-0.15, -0.1) is 0 Å². The Morgan fingerprint density at radius 1 is 0.944 bits per heavy atom. The Labute approximate surface area is 101 Å². The number of pyridine rings is 1. The van der Waals surface area contributed by atoms with Gasteiger partial charge >= 0.3 is 0 Å². The predicted molar refractivity (Wildman–Crippen MR) is 58.3 cm³/mol. The Balaban J connectivity index is 2.24. The Hall–Kier alpha value is -2.17. The molecule has 0 saturated carbocycles. The van der Waals surface area contributed by atoms with Gasteiger partial charge in [-0.05, 0) is 18.2 Å². The van der Waals surface area contributed by atoms with E-state index < -0.39 is 35.1 Å². The maximum Gasteiger partial charge on any atom is 0.176 e. The number of fused-ring (bicyclic) bond motifs is 2. The van der Waals surface area contributed by atoms with Crippen LogP contribution >= 0.6 is 0 Å². The lowest BCUT2D eigenvalue weighted by atomic mass is 9.72. The summed E-state index contributed by atoms with van der Waals surface area (Å²) in [6, 6.07) is 1.36. The minimum atomic E-state index is -1.38. The highest BCUT2D eigenvalue weighted by molar-refractivity contribution is 6.17. The van der Waals surface area contributed by atoms with Crippen LogP contribution in [0, 0.1) is 11.8 Å². The van der Waals surface area contributed by atoms with Crippen molar-refractivity contribution in [2.45, 2.75) is 0 Å². The molecule has 3 rings (SSSR count). The minimum Gasteiger partial charge on any atom is -0.293 e. The molecule has 0 N–H and O–H groups in total. The van der Waals surface area contributed by atoms with Crippen LogP contribution < -0.4 is 0 Å². The van der Waals surface area contributed by atoms with Crippen molar-refractivity contribution < 1.29 is 18.4 Å². The van der Waals surface area contributed by atoms with Crippen LogP contribution in [0.4, 0.5) is 8.78 Å². The fourth-order valence-corrected chi connectivity index (χ4v) is 2.38. The van der Waals surface area contributed by atoms with Gasteiger partial charge in [0.05, 0.1) is 11.8 Å². The minimum absolute atomic E-state index is 0.0574. The van der Waals surface area contributed by atoms with Crippen LogP contribution in [0.3, 0.4) is 0 Å². The molecule has 0 fully saturated rings. The molecule has 2 unspecified atom stereocenters. The molecule has 1 aromatic heterocycles. The Kier molecular flexibility index (Phi) is 2.23. The largest absolute Gasteiger partial charge is 0.293 e. The topological polar surface area (TPSA) is 47.0 Å². The van der Waals surface area contributed by atoms with E-state index in [1.54, 1.807) is 0 Å². The molecule has 0 radical (unpaired) electrons. The van der Waals surface area contributed by atoms with Gasteiger partial charge in [-0.1, -0.05) is 0 Å². The maximum absolute atomic E-state index is 13.7. The SMILES string of the molecule is O=C1c2ccncc2C(=O)C2C(F)=CC=C(F)C12. The Morgan fingerprint density at radius 2 is 1.50 bits per heavy atom. The van der Waals surface area contributed by atoms with Gasteiger partial charge in [-0.3, -0.25) is 14.6 Å². The summed E-state index contributed by atoms with van der Waals surface area (Å²) in [6.45, 7) is 0. The molecule has 3 nitrogen and oxygen atoms in total. The number of hydrogen-bond acceptors (Lipinski definition) is 3. The first-order valence-electron chi connectivity index (χ1n) is 5.36. The van der Waals surface area contributed by atoms with E-state index in [1.165, 1.54) is 18.5 Å². The lowest BCUT2D eigenvalue weighted by Gasteiger charge is -2.30. The van der Waals surface area contributed by atoms with Gasteiger partial charge < -0.3 is 0 Å². The number of aromatic nitrogens is 1. The first-order valence-corrected chi connectivity index (χ1v) is 5.36. The zero-order valence-corrected chi connectivity index (χ0v) is 9.06. The number of nitrogens with zero attached hydrogens (tertiary/aromatic N) is 1. The van der Waals surface area contributed by atoms with E-state index in [1.807, 2.05) is 0 Å². The predicted octanol–water partition coefficient (Wildman–Crippen LogP) is 2.41. The summed E-state index contributed by atoms with van der Waals surface area (Å²) < 4.78 is 27.3. The zero-order valence-electron chi connectivity index (χ0n) is 9.06. The molecule has 0 spiro atoms. The van der Waals surface area contributed by atoms with Crippen LogP contribution in [-0.4, -0.2) is 16.6 Å². The molecule has 0 aromatic carbocycles. The molecular formula is C13H7F2NO2. The Morgan fingerprint density at radius 3 is 2.11 bits per heavy atom. The Bertz CT molecular complexity index is 579. The lowest BCUT2D eigenvalue weighted by molar-refractivity contribution is 0.0749. The second-order valence-electron chi connectivity index (χ2n) is 4.21. The zero-order chi connectivity index (χ0) is 12.9. The molecule has 5 heteroatoms. The normalized spacial score (nSPS) is 26.1. The van der Waals surface area contributed by atoms with Crippen LogP contribution in [0.2, 0.25) is 0 Å². The molecule has 2 atom stereocenters. The molecular weight excluding hydrogens is 240 g/mol. The number of allylic oxidation sites excluding steroid dienone is 4. The van der Waals surface area contributed by atoms with Crippen LogP contribution in [-0.2, 0) is 0 Å². The molecule has 0 saturated heterocycles. The van der Waals surface area contributed by atoms with E-state index in [4.69, 9.17) is 0 Å². The third-order valence-corrected chi connectivity index (χ3v) is 3.25. The number of hydrogen-bond donors (Lipinski definition) is 0. The van der Waals surface area contributed by atoms with Crippen LogP contribution in [0.25, 0.3) is 0 Å². The van der Waals surface area contributed by atoms with Crippen LogP contribution in [0.15, 0.2) is 42.3 Å². The molecule has 18 heavy (non-hydrogen) atoms. The number of Topliss-reactive ketones (excluding diaryl/α,β-unsaturated/α-hetero) is 2. The number of carbonyl (C=O) groups is 2. The van der Waals surface area contributed by atoms with Gasteiger partial charge in [0, 0.05) is 23.5 Å². The fraction of sp³-hybridized carbons (Fsp3) is 0.154.